The number of esters is 1. The zero-order valence-corrected chi connectivity index (χ0v) is 16.4. The lowest BCUT2D eigenvalue weighted by molar-refractivity contribution is -0.150. The van der Waals surface area contributed by atoms with E-state index in [1.807, 2.05) is 19.1 Å². The molecule has 0 saturated heterocycles. The van der Waals surface area contributed by atoms with Crippen LogP contribution < -0.4 is 24.8 Å². The van der Waals surface area contributed by atoms with Crippen LogP contribution in [0.25, 0.3) is 0 Å². The molecular weight excluding hydrogens is 392 g/mol. The largest absolute Gasteiger partial charge is 0.486 e. The first-order chi connectivity index (χ1) is 14.5. The van der Waals surface area contributed by atoms with Crippen LogP contribution >= 0.6 is 0 Å². The van der Waals surface area contributed by atoms with E-state index in [-0.39, 0.29) is 6.61 Å². The van der Waals surface area contributed by atoms with Gasteiger partial charge in [-0.15, -0.1) is 0 Å². The molecule has 1 aliphatic heterocycles. The number of carbonyl (C=O) groups is 3. The number of aryl methyl sites for hydroxylation is 1. The molecule has 30 heavy (non-hydrogen) atoms. The quantitative estimate of drug-likeness (QED) is 0.669. The number of ether oxygens (including phenoxy) is 4. The highest BCUT2D eigenvalue weighted by Crippen LogP contribution is 2.32. The molecule has 0 radical (unpaired) electrons. The van der Waals surface area contributed by atoms with Gasteiger partial charge in [0.2, 0.25) is 0 Å². The lowest BCUT2D eigenvalue weighted by atomic mass is 10.2. The summed E-state index contributed by atoms with van der Waals surface area (Å²) in [6.45, 7) is 1.96. The minimum atomic E-state index is -0.773. The highest BCUT2D eigenvalue weighted by molar-refractivity contribution is 6.02. The maximum absolute atomic E-state index is 11.9. The van der Waals surface area contributed by atoms with Crippen LogP contribution in [0.1, 0.15) is 12.5 Å². The topological polar surface area (TPSA) is 112 Å². The van der Waals surface area contributed by atoms with Crippen molar-refractivity contribution < 1.29 is 33.3 Å². The lowest BCUT2D eigenvalue weighted by Gasteiger charge is -2.19. The fourth-order valence-corrected chi connectivity index (χ4v) is 2.60. The van der Waals surface area contributed by atoms with Gasteiger partial charge in [-0.1, -0.05) is 19.1 Å². The Hall–Kier alpha value is -3.75. The maximum Gasteiger partial charge on any atom is 0.344 e. The summed E-state index contributed by atoms with van der Waals surface area (Å²) < 4.78 is 20.9. The van der Waals surface area contributed by atoms with Gasteiger partial charge in [-0.05, 0) is 36.2 Å². The summed E-state index contributed by atoms with van der Waals surface area (Å²) >= 11 is 0. The summed E-state index contributed by atoms with van der Waals surface area (Å²) in [6.07, 6.45) is 0.902. The van der Waals surface area contributed by atoms with E-state index in [1.165, 1.54) is 0 Å². The summed E-state index contributed by atoms with van der Waals surface area (Å²) in [7, 11) is 0. The van der Waals surface area contributed by atoms with Crippen molar-refractivity contribution in [3.63, 3.8) is 0 Å². The Balaban J connectivity index is 1.37. The number of imide groups is 1. The maximum atomic E-state index is 11.9. The van der Waals surface area contributed by atoms with Gasteiger partial charge in [-0.3, -0.25) is 10.1 Å². The van der Waals surface area contributed by atoms with Crippen LogP contribution in [0.2, 0.25) is 0 Å². The highest BCUT2D eigenvalue weighted by Gasteiger charge is 2.15. The van der Waals surface area contributed by atoms with Crippen LogP contribution in [0.5, 0.6) is 17.2 Å². The molecule has 0 bridgehead atoms. The van der Waals surface area contributed by atoms with E-state index in [0.717, 1.165) is 12.0 Å². The molecule has 9 nitrogen and oxygen atoms in total. The first-order valence-corrected chi connectivity index (χ1v) is 9.41. The number of nitrogens with one attached hydrogen (secondary N) is 2. The number of rotatable bonds is 7. The zero-order chi connectivity index (χ0) is 21.3. The van der Waals surface area contributed by atoms with Crippen LogP contribution in [0.15, 0.2) is 42.5 Å². The second kappa shape index (κ2) is 10.1. The van der Waals surface area contributed by atoms with Crippen molar-refractivity contribution in [1.82, 2.24) is 5.32 Å². The van der Waals surface area contributed by atoms with Crippen LogP contribution in [0.4, 0.5) is 10.5 Å². The Bertz CT molecular complexity index is 912. The number of hydrogen-bond acceptors (Lipinski definition) is 7. The molecule has 9 heteroatoms. The van der Waals surface area contributed by atoms with E-state index in [9.17, 15) is 14.4 Å². The molecule has 3 amide bonds. The highest BCUT2D eigenvalue weighted by atomic mass is 16.6. The Kier molecular flexibility index (Phi) is 7.09. The van der Waals surface area contributed by atoms with Gasteiger partial charge in [0.15, 0.2) is 24.7 Å². The Morgan fingerprint density at radius 3 is 2.43 bits per heavy atom. The molecule has 0 unspecified atom stereocenters. The van der Waals surface area contributed by atoms with Crippen molar-refractivity contribution in [2.24, 2.45) is 0 Å². The number of amides is 3. The van der Waals surface area contributed by atoms with Gasteiger partial charge in [0, 0.05) is 11.8 Å². The minimum absolute atomic E-state index is 0.345. The molecule has 0 spiro atoms. The number of carbonyl (C=O) groups excluding carboxylic acids is 3. The van der Waals surface area contributed by atoms with E-state index in [2.05, 4.69) is 10.6 Å². The molecule has 0 aromatic heterocycles. The van der Waals surface area contributed by atoms with Crippen LogP contribution in [-0.4, -0.2) is 44.3 Å². The van der Waals surface area contributed by atoms with Crippen LogP contribution in [-0.2, 0) is 20.7 Å². The van der Waals surface area contributed by atoms with Crippen LogP contribution in [0, 0.1) is 0 Å². The summed E-state index contributed by atoms with van der Waals surface area (Å²) in [4.78, 5) is 35.4. The van der Waals surface area contributed by atoms with E-state index < -0.39 is 24.5 Å². The molecule has 0 saturated carbocycles. The van der Waals surface area contributed by atoms with Crippen molar-refractivity contribution in [3.05, 3.63) is 48.0 Å². The predicted molar refractivity (Wildman–Crippen MR) is 107 cm³/mol. The number of fused-ring (bicyclic) bond motifs is 1. The first kappa shape index (κ1) is 21.0. The summed E-state index contributed by atoms with van der Waals surface area (Å²) in [5.41, 5.74) is 1.57. The standard InChI is InChI=1S/C21H22N2O7/c1-2-14-3-6-16(7-4-14)29-13-20(25)30-12-19(24)23-21(26)22-15-5-8-17-18(11-15)28-10-9-27-17/h3-8,11H,2,9-10,12-13H2,1H3,(H2,22,23,24,26). The average Bonchev–Trinajstić information content (AvgIpc) is 2.76. The number of benzene rings is 2. The molecule has 0 aliphatic carbocycles. The number of urea groups is 1. The summed E-state index contributed by atoms with van der Waals surface area (Å²) in [5, 5.41) is 4.57. The van der Waals surface area contributed by atoms with E-state index >= 15 is 0 Å². The third kappa shape index (κ3) is 6.13. The van der Waals surface area contributed by atoms with Crippen LogP contribution in [0.3, 0.4) is 0 Å². The number of anilines is 1. The molecular formula is C21H22N2O7. The van der Waals surface area contributed by atoms with Gasteiger partial charge in [0.05, 0.1) is 0 Å². The van der Waals surface area contributed by atoms with Crippen molar-refractivity contribution in [3.8, 4) is 17.2 Å². The Labute approximate surface area is 173 Å². The van der Waals surface area contributed by atoms with Gasteiger partial charge < -0.3 is 24.3 Å². The first-order valence-electron chi connectivity index (χ1n) is 9.41. The fourth-order valence-electron chi connectivity index (χ4n) is 2.60. The molecule has 2 aromatic carbocycles. The van der Waals surface area contributed by atoms with Crippen molar-refractivity contribution in [1.29, 1.82) is 0 Å². The predicted octanol–water partition coefficient (Wildman–Crippen LogP) is 2.29. The van der Waals surface area contributed by atoms with Crippen molar-refractivity contribution in [2.75, 3.05) is 31.7 Å². The second-order valence-corrected chi connectivity index (χ2v) is 6.31. The monoisotopic (exact) mass is 414 g/mol. The lowest BCUT2D eigenvalue weighted by Crippen LogP contribution is -2.37. The van der Waals surface area contributed by atoms with Crippen molar-refractivity contribution >= 4 is 23.6 Å². The summed E-state index contributed by atoms with van der Waals surface area (Å²) in [6, 6.07) is 11.4. The van der Waals surface area contributed by atoms with Gasteiger partial charge in [-0.2, -0.15) is 0 Å². The molecule has 0 fully saturated rings. The third-order valence-corrected chi connectivity index (χ3v) is 4.11. The third-order valence-electron chi connectivity index (χ3n) is 4.11. The van der Waals surface area contributed by atoms with E-state index in [0.29, 0.717) is 36.1 Å². The molecule has 1 aliphatic rings. The smallest absolute Gasteiger partial charge is 0.344 e. The molecule has 2 aromatic rings. The van der Waals surface area contributed by atoms with E-state index in [1.54, 1.807) is 30.3 Å². The normalized spacial score (nSPS) is 11.9. The average molecular weight is 414 g/mol. The summed E-state index contributed by atoms with van der Waals surface area (Å²) in [5.74, 6) is 0.109. The molecule has 2 N–H and O–H groups in total. The number of hydrogen-bond donors (Lipinski definition) is 2. The second-order valence-electron chi connectivity index (χ2n) is 6.31. The van der Waals surface area contributed by atoms with Crippen molar-refractivity contribution in [2.45, 2.75) is 13.3 Å². The van der Waals surface area contributed by atoms with Gasteiger partial charge in [-0.25, -0.2) is 9.59 Å². The SMILES string of the molecule is CCc1ccc(OCC(=O)OCC(=O)NC(=O)Nc2ccc3c(c2)OCCO3)cc1. The van der Waals surface area contributed by atoms with Gasteiger partial charge >= 0.3 is 12.0 Å². The molecule has 158 valence electrons. The zero-order valence-electron chi connectivity index (χ0n) is 16.4. The molecule has 0 atom stereocenters. The molecule has 1 heterocycles. The van der Waals surface area contributed by atoms with E-state index in [4.69, 9.17) is 18.9 Å². The van der Waals surface area contributed by atoms with Gasteiger partial charge in [0.25, 0.3) is 5.91 Å². The fraction of sp³-hybridized carbons (Fsp3) is 0.286. The Morgan fingerprint density at radius 1 is 0.967 bits per heavy atom. The van der Waals surface area contributed by atoms with Gasteiger partial charge in [0.1, 0.15) is 19.0 Å². The molecule has 3 rings (SSSR count). The Morgan fingerprint density at radius 2 is 1.70 bits per heavy atom. The minimum Gasteiger partial charge on any atom is -0.486 e.